The molecule has 30 heavy (non-hydrogen) atoms. The molecule has 0 saturated heterocycles. The number of aromatic hydroxyl groups is 2. The van der Waals surface area contributed by atoms with Gasteiger partial charge in [-0.1, -0.05) is 19.9 Å². The zero-order valence-corrected chi connectivity index (χ0v) is 18.8. The maximum Gasteiger partial charge on any atom is 0.141 e. The van der Waals surface area contributed by atoms with Crippen molar-refractivity contribution in [1.29, 1.82) is 0 Å². The number of aldehydes is 1. The van der Waals surface area contributed by atoms with Gasteiger partial charge in [-0.25, -0.2) is 0 Å². The number of phenolic OH excluding ortho intramolecular Hbond substituents is 2. The van der Waals surface area contributed by atoms with Crippen molar-refractivity contribution in [2.75, 3.05) is 30.8 Å². The number of carbonyl (C=O) groups is 1. The van der Waals surface area contributed by atoms with E-state index in [9.17, 15) is 15.0 Å². The number of anilines is 2. The van der Waals surface area contributed by atoms with Crippen LogP contribution in [0.5, 0.6) is 11.5 Å². The first-order valence-electron chi connectivity index (χ1n) is 10.5. The van der Waals surface area contributed by atoms with Gasteiger partial charge in [-0.2, -0.15) is 0 Å². The average molecular weight is 417 g/mol. The highest BCUT2D eigenvalue weighted by atomic mass is 16.3. The highest BCUT2D eigenvalue weighted by molar-refractivity contribution is 5.87. The van der Waals surface area contributed by atoms with Crippen molar-refractivity contribution < 1.29 is 15.0 Å². The number of aliphatic imine (C=N–C) groups is 1. The lowest BCUT2D eigenvalue weighted by atomic mass is 9.83. The van der Waals surface area contributed by atoms with Crippen molar-refractivity contribution in [3.05, 3.63) is 23.9 Å². The predicted molar refractivity (Wildman–Crippen MR) is 124 cm³/mol. The average Bonchev–Trinajstić information content (AvgIpc) is 2.78. The minimum Gasteiger partial charge on any atom is -0.506 e. The number of benzene rings is 1. The van der Waals surface area contributed by atoms with Crippen LogP contribution in [0.2, 0.25) is 0 Å². The van der Waals surface area contributed by atoms with Crippen molar-refractivity contribution in [2.45, 2.75) is 58.9 Å². The molecule has 0 fully saturated rings. The van der Waals surface area contributed by atoms with Crippen LogP contribution in [0, 0.1) is 5.41 Å². The maximum atomic E-state index is 10.5. The fraction of sp³-hybridized carbons (Fsp3) is 0.565. The number of allylic oxidation sites excluding steroid dienone is 2. The monoisotopic (exact) mass is 416 g/mol. The second kappa shape index (κ2) is 9.98. The first-order chi connectivity index (χ1) is 14.0. The van der Waals surface area contributed by atoms with Crippen LogP contribution in [0.3, 0.4) is 0 Å². The molecule has 0 aliphatic heterocycles. The van der Waals surface area contributed by atoms with Gasteiger partial charge in [-0.05, 0) is 52.1 Å². The summed E-state index contributed by atoms with van der Waals surface area (Å²) in [5.74, 6) is -0.0228. The molecule has 5 N–H and O–H groups in total. The molecule has 1 aromatic rings. The van der Waals surface area contributed by atoms with Crippen LogP contribution in [-0.4, -0.2) is 47.9 Å². The second-order valence-corrected chi connectivity index (χ2v) is 9.35. The Morgan fingerprint density at radius 2 is 1.83 bits per heavy atom. The molecule has 1 aromatic carbocycles. The smallest absolute Gasteiger partial charge is 0.141 e. The SMILES string of the molecule is CNCCC(C)(C)N=C1CC=C(Nc2cc(O)c(NCC=O)cc2O)CC(C)(C)C1. The first kappa shape index (κ1) is 23.7. The van der Waals surface area contributed by atoms with E-state index in [0.717, 1.165) is 37.9 Å². The summed E-state index contributed by atoms with van der Waals surface area (Å²) in [6, 6.07) is 2.89. The van der Waals surface area contributed by atoms with Crippen molar-refractivity contribution >= 4 is 23.4 Å². The van der Waals surface area contributed by atoms with Gasteiger partial charge in [-0.15, -0.1) is 0 Å². The van der Waals surface area contributed by atoms with Crippen molar-refractivity contribution in [1.82, 2.24) is 5.32 Å². The quantitative estimate of drug-likeness (QED) is 0.236. The van der Waals surface area contributed by atoms with E-state index in [1.165, 1.54) is 17.8 Å². The third-order valence-corrected chi connectivity index (χ3v) is 5.17. The van der Waals surface area contributed by atoms with Gasteiger partial charge in [0.25, 0.3) is 0 Å². The molecule has 2 rings (SSSR count). The summed E-state index contributed by atoms with van der Waals surface area (Å²) in [4.78, 5) is 15.6. The summed E-state index contributed by atoms with van der Waals surface area (Å²) in [7, 11) is 1.96. The fourth-order valence-electron chi connectivity index (χ4n) is 3.75. The molecule has 166 valence electrons. The molecule has 7 heteroatoms. The minimum atomic E-state index is -0.116. The molecular formula is C23H36N4O3. The van der Waals surface area contributed by atoms with Crippen molar-refractivity contribution in [2.24, 2.45) is 10.4 Å². The Morgan fingerprint density at radius 3 is 2.50 bits per heavy atom. The summed E-state index contributed by atoms with van der Waals surface area (Å²) in [6.07, 6.45) is 6.25. The number of hydrogen-bond donors (Lipinski definition) is 5. The van der Waals surface area contributed by atoms with E-state index in [1.807, 2.05) is 7.05 Å². The number of nitrogens with zero attached hydrogens (tertiary/aromatic N) is 1. The summed E-state index contributed by atoms with van der Waals surface area (Å²) < 4.78 is 0. The van der Waals surface area contributed by atoms with Crippen LogP contribution in [-0.2, 0) is 4.79 Å². The van der Waals surface area contributed by atoms with Crippen LogP contribution >= 0.6 is 0 Å². The highest BCUT2D eigenvalue weighted by Crippen LogP contribution is 2.39. The normalized spacial score (nSPS) is 17.9. The van der Waals surface area contributed by atoms with Gasteiger partial charge in [0.1, 0.15) is 17.8 Å². The Kier molecular flexibility index (Phi) is 7.89. The molecule has 0 radical (unpaired) electrons. The molecule has 0 amide bonds. The summed E-state index contributed by atoms with van der Waals surface area (Å²) in [6.45, 7) is 9.75. The standard InChI is InChI=1S/C23H36N4O3/c1-22(2)14-16(6-7-17(15-22)27-23(3,4)8-9-24-5)26-19-13-20(29)18(12-21(19)30)25-10-11-28/h6,11-13,24-26,29-30H,7-10,14-15H2,1-5H3. The Labute approximate surface area is 179 Å². The molecule has 1 aliphatic carbocycles. The van der Waals surface area contributed by atoms with E-state index in [4.69, 9.17) is 4.99 Å². The molecule has 1 aliphatic rings. The number of hydrogen-bond acceptors (Lipinski definition) is 7. The van der Waals surface area contributed by atoms with Crippen LogP contribution in [0.15, 0.2) is 28.9 Å². The van der Waals surface area contributed by atoms with Gasteiger partial charge in [-0.3, -0.25) is 4.99 Å². The summed E-state index contributed by atoms with van der Waals surface area (Å²) in [5, 5.41) is 29.8. The van der Waals surface area contributed by atoms with Gasteiger partial charge in [0.15, 0.2) is 0 Å². The van der Waals surface area contributed by atoms with E-state index in [2.05, 4.69) is 49.7 Å². The van der Waals surface area contributed by atoms with E-state index >= 15 is 0 Å². The largest absolute Gasteiger partial charge is 0.506 e. The van der Waals surface area contributed by atoms with Crippen LogP contribution in [0.4, 0.5) is 11.4 Å². The Bertz CT molecular complexity index is 813. The zero-order chi connectivity index (χ0) is 22.4. The molecule has 0 atom stereocenters. The van der Waals surface area contributed by atoms with Gasteiger partial charge in [0, 0.05) is 30.0 Å². The Balaban J connectivity index is 2.21. The summed E-state index contributed by atoms with van der Waals surface area (Å²) >= 11 is 0. The van der Waals surface area contributed by atoms with E-state index in [-0.39, 0.29) is 29.0 Å². The lowest BCUT2D eigenvalue weighted by Gasteiger charge is -2.27. The number of phenols is 2. The molecule has 0 unspecified atom stereocenters. The highest BCUT2D eigenvalue weighted by Gasteiger charge is 2.27. The Morgan fingerprint density at radius 1 is 1.17 bits per heavy atom. The molecular weight excluding hydrogens is 380 g/mol. The third-order valence-electron chi connectivity index (χ3n) is 5.17. The predicted octanol–water partition coefficient (Wildman–Crippen LogP) is 4.04. The van der Waals surface area contributed by atoms with E-state index in [1.54, 1.807) is 0 Å². The maximum absolute atomic E-state index is 10.5. The fourth-order valence-corrected chi connectivity index (χ4v) is 3.75. The van der Waals surface area contributed by atoms with Crippen LogP contribution in [0.1, 0.15) is 53.4 Å². The van der Waals surface area contributed by atoms with Gasteiger partial charge < -0.3 is 31.0 Å². The van der Waals surface area contributed by atoms with Crippen LogP contribution < -0.4 is 16.0 Å². The van der Waals surface area contributed by atoms with Gasteiger partial charge in [0.2, 0.25) is 0 Å². The topological polar surface area (TPSA) is 106 Å². The third kappa shape index (κ3) is 7.06. The molecule has 0 saturated carbocycles. The first-order valence-corrected chi connectivity index (χ1v) is 10.5. The van der Waals surface area contributed by atoms with Crippen LogP contribution in [0.25, 0.3) is 0 Å². The minimum absolute atomic E-state index is 0.00578. The lowest BCUT2D eigenvalue weighted by molar-refractivity contribution is -0.106. The Hall–Kier alpha value is -2.54. The van der Waals surface area contributed by atoms with Crippen molar-refractivity contribution in [3.8, 4) is 11.5 Å². The summed E-state index contributed by atoms with van der Waals surface area (Å²) in [5.41, 5.74) is 2.81. The number of rotatable bonds is 9. The molecule has 7 nitrogen and oxygen atoms in total. The zero-order valence-electron chi connectivity index (χ0n) is 18.8. The van der Waals surface area contributed by atoms with E-state index < -0.39 is 0 Å². The molecule has 0 spiro atoms. The molecule has 0 heterocycles. The van der Waals surface area contributed by atoms with Gasteiger partial charge in [0.05, 0.1) is 23.5 Å². The molecule has 0 bridgehead atoms. The molecule has 0 aromatic heterocycles. The second-order valence-electron chi connectivity index (χ2n) is 9.35. The number of nitrogens with one attached hydrogen (secondary N) is 3. The van der Waals surface area contributed by atoms with E-state index in [0.29, 0.717) is 17.7 Å². The lowest BCUT2D eigenvalue weighted by Crippen LogP contribution is -2.26. The van der Waals surface area contributed by atoms with Gasteiger partial charge >= 0.3 is 0 Å². The van der Waals surface area contributed by atoms with Crippen molar-refractivity contribution in [3.63, 3.8) is 0 Å². The number of carbonyl (C=O) groups excluding carboxylic acids is 1.